The predicted molar refractivity (Wildman–Crippen MR) is 55.2 cm³/mol. The third-order valence-corrected chi connectivity index (χ3v) is 2.04. The zero-order valence-corrected chi connectivity index (χ0v) is 9.10. The lowest BCUT2D eigenvalue weighted by Gasteiger charge is -2.14. The van der Waals surface area contributed by atoms with Gasteiger partial charge in [-0.15, -0.1) is 0 Å². The fourth-order valence-corrected chi connectivity index (χ4v) is 1.16. The van der Waals surface area contributed by atoms with Crippen LogP contribution in [-0.2, 0) is 14.3 Å². The van der Waals surface area contributed by atoms with E-state index in [-0.39, 0.29) is 11.8 Å². The van der Waals surface area contributed by atoms with Crippen LogP contribution in [-0.4, -0.2) is 62.0 Å². The van der Waals surface area contributed by atoms with Gasteiger partial charge < -0.3 is 9.64 Å². The summed E-state index contributed by atoms with van der Waals surface area (Å²) in [6.07, 6.45) is 2.56. The molecule has 0 bridgehead atoms. The molecule has 0 unspecified atom stereocenters. The van der Waals surface area contributed by atoms with E-state index in [2.05, 4.69) is 0 Å². The number of imide groups is 1. The lowest BCUT2D eigenvalue weighted by molar-refractivity contribution is -0.137. The first kappa shape index (κ1) is 11.9. The first-order valence-corrected chi connectivity index (χ1v) is 4.87. The van der Waals surface area contributed by atoms with Gasteiger partial charge in [0.1, 0.15) is 0 Å². The van der Waals surface area contributed by atoms with Crippen molar-refractivity contribution >= 4 is 11.8 Å². The van der Waals surface area contributed by atoms with E-state index < -0.39 is 0 Å². The number of amides is 2. The fourth-order valence-electron chi connectivity index (χ4n) is 1.16. The van der Waals surface area contributed by atoms with Gasteiger partial charge >= 0.3 is 0 Å². The molecule has 1 rings (SSSR count). The second kappa shape index (κ2) is 5.63. The molecule has 1 heterocycles. The standard InChI is InChI=1S/C10H16N2O3/c1-11(2)5-7-15-8-6-12-9(13)3-4-10(12)14/h3-4H,5-8H2,1-2H3. The van der Waals surface area contributed by atoms with Crippen molar-refractivity contribution in [2.45, 2.75) is 0 Å². The molecule has 2 amide bonds. The molecule has 0 aromatic rings. The first-order chi connectivity index (χ1) is 7.11. The van der Waals surface area contributed by atoms with Crippen molar-refractivity contribution in [3.8, 4) is 0 Å². The van der Waals surface area contributed by atoms with Crippen LogP contribution in [0.5, 0.6) is 0 Å². The van der Waals surface area contributed by atoms with Gasteiger partial charge in [-0.3, -0.25) is 14.5 Å². The van der Waals surface area contributed by atoms with Crippen LogP contribution in [0.25, 0.3) is 0 Å². The van der Waals surface area contributed by atoms with Crippen LogP contribution >= 0.6 is 0 Å². The molecule has 0 aromatic carbocycles. The summed E-state index contributed by atoms with van der Waals surface area (Å²) in [7, 11) is 3.92. The van der Waals surface area contributed by atoms with Crippen LogP contribution in [0.1, 0.15) is 0 Å². The van der Waals surface area contributed by atoms with Crippen molar-refractivity contribution in [3.05, 3.63) is 12.2 Å². The van der Waals surface area contributed by atoms with Gasteiger partial charge in [-0.1, -0.05) is 0 Å². The second-order valence-electron chi connectivity index (χ2n) is 3.58. The number of hydrogen-bond donors (Lipinski definition) is 0. The van der Waals surface area contributed by atoms with E-state index >= 15 is 0 Å². The summed E-state index contributed by atoms with van der Waals surface area (Å²) >= 11 is 0. The molecule has 5 heteroatoms. The Balaban J connectivity index is 2.10. The minimum absolute atomic E-state index is 0.254. The van der Waals surface area contributed by atoms with Crippen molar-refractivity contribution in [2.24, 2.45) is 0 Å². The highest BCUT2D eigenvalue weighted by Crippen LogP contribution is 2.02. The Morgan fingerprint density at radius 2 is 1.80 bits per heavy atom. The summed E-state index contributed by atoms with van der Waals surface area (Å²) in [6, 6.07) is 0. The molecule has 1 aliphatic rings. The van der Waals surface area contributed by atoms with Gasteiger partial charge in [0.05, 0.1) is 19.8 Å². The summed E-state index contributed by atoms with van der Waals surface area (Å²) in [5, 5.41) is 0. The quantitative estimate of drug-likeness (QED) is 0.439. The Hall–Kier alpha value is -1.20. The molecule has 0 N–H and O–H groups in total. The van der Waals surface area contributed by atoms with Crippen LogP contribution < -0.4 is 0 Å². The van der Waals surface area contributed by atoms with Crippen LogP contribution in [0.3, 0.4) is 0 Å². The fraction of sp³-hybridized carbons (Fsp3) is 0.600. The van der Waals surface area contributed by atoms with Gasteiger partial charge in [-0.25, -0.2) is 0 Å². The van der Waals surface area contributed by atoms with Gasteiger partial charge in [0.15, 0.2) is 0 Å². The highest BCUT2D eigenvalue weighted by Gasteiger charge is 2.22. The molecule has 84 valence electrons. The van der Waals surface area contributed by atoms with Crippen LogP contribution in [0, 0.1) is 0 Å². The molecular weight excluding hydrogens is 196 g/mol. The number of likely N-dealkylation sites (N-methyl/N-ethyl adjacent to an activating group) is 1. The lowest BCUT2D eigenvalue weighted by Crippen LogP contribution is -2.33. The molecule has 5 nitrogen and oxygen atoms in total. The molecule has 0 atom stereocenters. The third kappa shape index (κ3) is 3.81. The zero-order valence-electron chi connectivity index (χ0n) is 9.10. The average Bonchev–Trinajstić information content (AvgIpc) is 2.47. The van der Waals surface area contributed by atoms with Gasteiger partial charge in [-0.2, -0.15) is 0 Å². The number of rotatable bonds is 6. The molecule has 0 saturated carbocycles. The Bertz CT molecular complexity index is 256. The van der Waals surface area contributed by atoms with E-state index in [1.54, 1.807) is 0 Å². The smallest absolute Gasteiger partial charge is 0.253 e. The molecule has 0 fully saturated rings. The van der Waals surface area contributed by atoms with E-state index in [0.29, 0.717) is 19.8 Å². The molecule has 0 aliphatic carbocycles. The van der Waals surface area contributed by atoms with Crippen molar-refractivity contribution in [2.75, 3.05) is 40.4 Å². The monoisotopic (exact) mass is 212 g/mol. The Morgan fingerprint density at radius 3 is 2.33 bits per heavy atom. The topological polar surface area (TPSA) is 49.9 Å². The van der Waals surface area contributed by atoms with E-state index in [1.807, 2.05) is 19.0 Å². The zero-order chi connectivity index (χ0) is 11.3. The molecule has 0 radical (unpaired) electrons. The minimum Gasteiger partial charge on any atom is -0.378 e. The number of carbonyl (C=O) groups is 2. The molecule has 0 spiro atoms. The molecule has 0 aromatic heterocycles. The molecule has 0 saturated heterocycles. The number of ether oxygens (including phenoxy) is 1. The number of carbonyl (C=O) groups excluding carboxylic acids is 2. The molecule has 1 aliphatic heterocycles. The average molecular weight is 212 g/mol. The first-order valence-electron chi connectivity index (χ1n) is 4.87. The Kier molecular flexibility index (Phi) is 4.45. The lowest BCUT2D eigenvalue weighted by atomic mass is 10.5. The van der Waals surface area contributed by atoms with E-state index in [4.69, 9.17) is 4.74 Å². The summed E-state index contributed by atoms with van der Waals surface area (Å²) < 4.78 is 5.29. The highest BCUT2D eigenvalue weighted by atomic mass is 16.5. The number of hydrogen-bond acceptors (Lipinski definition) is 4. The maximum atomic E-state index is 11.1. The van der Waals surface area contributed by atoms with Gasteiger partial charge in [0.25, 0.3) is 11.8 Å². The summed E-state index contributed by atoms with van der Waals surface area (Å²) in [6.45, 7) is 2.17. The minimum atomic E-state index is -0.254. The maximum Gasteiger partial charge on any atom is 0.253 e. The largest absolute Gasteiger partial charge is 0.378 e. The van der Waals surface area contributed by atoms with Gasteiger partial charge in [0, 0.05) is 18.7 Å². The van der Waals surface area contributed by atoms with E-state index in [1.165, 1.54) is 17.1 Å². The maximum absolute atomic E-state index is 11.1. The van der Waals surface area contributed by atoms with Crippen molar-refractivity contribution in [3.63, 3.8) is 0 Å². The molecular formula is C10H16N2O3. The van der Waals surface area contributed by atoms with Gasteiger partial charge in [0.2, 0.25) is 0 Å². The predicted octanol–water partition coefficient (Wildman–Crippen LogP) is -0.510. The Labute approximate surface area is 89.3 Å². The van der Waals surface area contributed by atoms with Crippen LogP contribution in [0.2, 0.25) is 0 Å². The van der Waals surface area contributed by atoms with Crippen LogP contribution in [0.15, 0.2) is 12.2 Å². The Morgan fingerprint density at radius 1 is 1.20 bits per heavy atom. The normalized spacial score (nSPS) is 15.8. The number of nitrogens with zero attached hydrogens (tertiary/aromatic N) is 2. The van der Waals surface area contributed by atoms with E-state index in [0.717, 1.165) is 6.54 Å². The van der Waals surface area contributed by atoms with Crippen molar-refractivity contribution in [1.29, 1.82) is 0 Å². The van der Waals surface area contributed by atoms with E-state index in [9.17, 15) is 9.59 Å². The highest BCUT2D eigenvalue weighted by molar-refractivity contribution is 6.12. The summed E-state index contributed by atoms with van der Waals surface area (Å²) in [5.74, 6) is -0.507. The summed E-state index contributed by atoms with van der Waals surface area (Å²) in [5.41, 5.74) is 0. The SMILES string of the molecule is CN(C)CCOCCN1C(=O)C=CC1=O. The molecule has 15 heavy (non-hydrogen) atoms. The van der Waals surface area contributed by atoms with Gasteiger partial charge in [-0.05, 0) is 14.1 Å². The van der Waals surface area contributed by atoms with Crippen molar-refractivity contribution < 1.29 is 14.3 Å². The third-order valence-electron chi connectivity index (χ3n) is 2.04. The van der Waals surface area contributed by atoms with Crippen LogP contribution in [0.4, 0.5) is 0 Å². The second-order valence-corrected chi connectivity index (χ2v) is 3.58. The summed E-state index contributed by atoms with van der Waals surface area (Å²) in [4.78, 5) is 25.4. The van der Waals surface area contributed by atoms with Crippen molar-refractivity contribution in [1.82, 2.24) is 9.80 Å².